The molecular formula is C16H19N3O3. The number of likely N-dealkylation sites (tertiary alicyclic amines) is 1. The summed E-state index contributed by atoms with van der Waals surface area (Å²) in [6.07, 6.45) is 3.34. The first-order valence-electron chi connectivity index (χ1n) is 7.54. The van der Waals surface area contributed by atoms with Crippen molar-refractivity contribution in [1.29, 1.82) is 0 Å². The highest BCUT2D eigenvalue weighted by Crippen LogP contribution is 2.28. The Morgan fingerprint density at radius 3 is 2.77 bits per heavy atom. The van der Waals surface area contributed by atoms with E-state index in [-0.39, 0.29) is 12.5 Å². The molecule has 1 amide bonds. The summed E-state index contributed by atoms with van der Waals surface area (Å²) in [6, 6.07) is 7.37. The van der Waals surface area contributed by atoms with E-state index in [1.807, 2.05) is 23.1 Å². The van der Waals surface area contributed by atoms with Crippen LogP contribution in [0.2, 0.25) is 0 Å². The van der Waals surface area contributed by atoms with Gasteiger partial charge in [-0.3, -0.25) is 4.79 Å². The summed E-state index contributed by atoms with van der Waals surface area (Å²) in [5, 5.41) is 3.79. The molecule has 0 N–H and O–H groups in total. The van der Waals surface area contributed by atoms with Gasteiger partial charge in [-0.1, -0.05) is 17.3 Å². The number of rotatable bonds is 4. The highest BCUT2D eigenvalue weighted by atomic mass is 16.5. The van der Waals surface area contributed by atoms with E-state index in [2.05, 4.69) is 10.1 Å². The molecule has 1 aliphatic rings. The molecule has 1 aromatic carbocycles. The lowest BCUT2D eigenvalue weighted by Gasteiger charge is -2.26. The van der Waals surface area contributed by atoms with Crippen LogP contribution in [0.1, 0.15) is 25.1 Å². The van der Waals surface area contributed by atoms with E-state index in [0.717, 1.165) is 25.9 Å². The first-order chi connectivity index (χ1) is 10.7. The molecule has 2 heterocycles. The second kappa shape index (κ2) is 6.60. The molecule has 22 heavy (non-hydrogen) atoms. The van der Waals surface area contributed by atoms with Gasteiger partial charge < -0.3 is 14.2 Å². The highest BCUT2D eigenvalue weighted by Gasteiger charge is 2.18. The van der Waals surface area contributed by atoms with Crippen LogP contribution < -0.4 is 4.74 Å². The van der Waals surface area contributed by atoms with E-state index in [0.29, 0.717) is 23.0 Å². The number of piperidine rings is 1. The molecule has 2 aromatic rings. The zero-order chi connectivity index (χ0) is 15.4. The van der Waals surface area contributed by atoms with Crippen molar-refractivity contribution in [3.8, 4) is 17.2 Å². The molecule has 0 bridgehead atoms. The predicted octanol–water partition coefficient (Wildman–Crippen LogP) is 2.44. The Hall–Kier alpha value is -2.37. The van der Waals surface area contributed by atoms with E-state index >= 15 is 0 Å². The van der Waals surface area contributed by atoms with Gasteiger partial charge >= 0.3 is 0 Å². The van der Waals surface area contributed by atoms with Crippen LogP contribution in [0, 0.1) is 6.92 Å². The number of hydrogen-bond donors (Lipinski definition) is 0. The topological polar surface area (TPSA) is 68.5 Å². The minimum absolute atomic E-state index is 0.0243. The summed E-state index contributed by atoms with van der Waals surface area (Å²) in [4.78, 5) is 18.2. The minimum atomic E-state index is 0.0243. The van der Waals surface area contributed by atoms with Crippen molar-refractivity contribution in [3.05, 3.63) is 30.1 Å². The fourth-order valence-corrected chi connectivity index (χ4v) is 2.55. The van der Waals surface area contributed by atoms with Crippen molar-refractivity contribution in [2.75, 3.05) is 19.7 Å². The van der Waals surface area contributed by atoms with Crippen LogP contribution in [-0.2, 0) is 4.79 Å². The van der Waals surface area contributed by atoms with Gasteiger partial charge in [0.15, 0.2) is 12.4 Å². The van der Waals surface area contributed by atoms with Crippen LogP contribution in [0.5, 0.6) is 5.75 Å². The van der Waals surface area contributed by atoms with Crippen LogP contribution in [-0.4, -0.2) is 40.6 Å². The molecule has 0 aliphatic carbocycles. The molecule has 6 nitrogen and oxygen atoms in total. The second-order valence-electron chi connectivity index (χ2n) is 5.37. The number of carbonyl (C=O) groups excluding carboxylic acids is 1. The van der Waals surface area contributed by atoms with Crippen molar-refractivity contribution < 1.29 is 14.1 Å². The van der Waals surface area contributed by atoms with Crippen LogP contribution in [0.25, 0.3) is 11.5 Å². The van der Waals surface area contributed by atoms with Gasteiger partial charge in [-0.05, 0) is 38.3 Å². The van der Waals surface area contributed by atoms with Crippen LogP contribution in [0.3, 0.4) is 0 Å². The van der Waals surface area contributed by atoms with E-state index in [9.17, 15) is 4.79 Å². The molecular weight excluding hydrogens is 282 g/mol. The largest absolute Gasteiger partial charge is 0.483 e. The second-order valence-corrected chi connectivity index (χ2v) is 5.37. The lowest BCUT2D eigenvalue weighted by Crippen LogP contribution is -2.38. The van der Waals surface area contributed by atoms with Crippen LogP contribution >= 0.6 is 0 Å². The predicted molar refractivity (Wildman–Crippen MR) is 80.4 cm³/mol. The third kappa shape index (κ3) is 3.27. The molecule has 0 unspecified atom stereocenters. The van der Waals surface area contributed by atoms with Crippen LogP contribution in [0.4, 0.5) is 0 Å². The van der Waals surface area contributed by atoms with Crippen molar-refractivity contribution in [1.82, 2.24) is 15.0 Å². The average molecular weight is 301 g/mol. The van der Waals surface area contributed by atoms with E-state index < -0.39 is 0 Å². The third-order valence-electron chi connectivity index (χ3n) is 3.70. The highest BCUT2D eigenvalue weighted by molar-refractivity contribution is 5.78. The summed E-state index contributed by atoms with van der Waals surface area (Å²) >= 11 is 0. The van der Waals surface area contributed by atoms with Gasteiger partial charge in [0, 0.05) is 13.1 Å². The number of ether oxygens (including phenoxy) is 1. The van der Waals surface area contributed by atoms with Crippen molar-refractivity contribution in [3.63, 3.8) is 0 Å². The maximum atomic E-state index is 12.2. The molecule has 1 aliphatic heterocycles. The molecule has 1 fully saturated rings. The van der Waals surface area contributed by atoms with Crippen molar-refractivity contribution >= 4 is 5.91 Å². The molecule has 0 atom stereocenters. The summed E-state index contributed by atoms with van der Waals surface area (Å²) in [7, 11) is 0. The van der Waals surface area contributed by atoms with Gasteiger partial charge in [-0.2, -0.15) is 4.98 Å². The normalized spacial score (nSPS) is 14.9. The Labute approximate surface area is 129 Å². The third-order valence-corrected chi connectivity index (χ3v) is 3.70. The van der Waals surface area contributed by atoms with Gasteiger partial charge in [0.1, 0.15) is 5.75 Å². The zero-order valence-electron chi connectivity index (χ0n) is 12.6. The van der Waals surface area contributed by atoms with Gasteiger partial charge in [-0.25, -0.2) is 0 Å². The Kier molecular flexibility index (Phi) is 4.37. The minimum Gasteiger partial charge on any atom is -0.483 e. The maximum absolute atomic E-state index is 12.2. The first-order valence-corrected chi connectivity index (χ1v) is 7.54. The lowest BCUT2D eigenvalue weighted by atomic mass is 10.1. The number of para-hydroxylation sites is 1. The molecule has 6 heteroatoms. The quantitative estimate of drug-likeness (QED) is 0.867. The standard InChI is InChI=1S/C16H19N3O3/c1-12-17-16(22-18-12)13-7-3-4-8-14(13)21-11-15(20)19-9-5-2-6-10-19/h3-4,7-8H,2,5-6,9-11H2,1H3. The zero-order valence-corrected chi connectivity index (χ0v) is 12.6. The molecule has 116 valence electrons. The number of hydrogen-bond acceptors (Lipinski definition) is 5. The number of amides is 1. The molecule has 0 saturated carbocycles. The summed E-state index contributed by atoms with van der Waals surface area (Å²) < 4.78 is 10.9. The molecule has 1 saturated heterocycles. The van der Waals surface area contributed by atoms with Gasteiger partial charge in [0.25, 0.3) is 11.8 Å². The Balaban J connectivity index is 1.69. The van der Waals surface area contributed by atoms with E-state index in [1.54, 1.807) is 13.0 Å². The Bertz CT molecular complexity index is 648. The number of aromatic nitrogens is 2. The smallest absolute Gasteiger partial charge is 0.261 e. The average Bonchev–Trinajstić information content (AvgIpc) is 3.00. The van der Waals surface area contributed by atoms with Crippen LogP contribution in [0.15, 0.2) is 28.8 Å². The molecule has 3 rings (SSSR count). The number of aryl methyl sites for hydroxylation is 1. The molecule has 0 spiro atoms. The maximum Gasteiger partial charge on any atom is 0.261 e. The van der Waals surface area contributed by atoms with Gasteiger partial charge in [0.2, 0.25) is 0 Å². The SMILES string of the molecule is Cc1noc(-c2ccccc2OCC(=O)N2CCCCC2)n1. The fourth-order valence-electron chi connectivity index (χ4n) is 2.55. The van der Waals surface area contributed by atoms with Crippen molar-refractivity contribution in [2.24, 2.45) is 0 Å². The summed E-state index contributed by atoms with van der Waals surface area (Å²) in [5.41, 5.74) is 0.703. The summed E-state index contributed by atoms with van der Waals surface area (Å²) in [6.45, 7) is 3.44. The number of carbonyl (C=O) groups is 1. The number of nitrogens with zero attached hydrogens (tertiary/aromatic N) is 3. The number of benzene rings is 1. The van der Waals surface area contributed by atoms with Gasteiger partial charge in [-0.15, -0.1) is 0 Å². The first kappa shape index (κ1) is 14.6. The molecule has 0 radical (unpaired) electrons. The van der Waals surface area contributed by atoms with Crippen molar-refractivity contribution in [2.45, 2.75) is 26.2 Å². The van der Waals surface area contributed by atoms with E-state index in [4.69, 9.17) is 9.26 Å². The fraction of sp³-hybridized carbons (Fsp3) is 0.438. The Morgan fingerprint density at radius 1 is 1.27 bits per heavy atom. The summed E-state index contributed by atoms with van der Waals surface area (Å²) in [5.74, 6) is 1.57. The lowest BCUT2D eigenvalue weighted by molar-refractivity contribution is -0.134. The Morgan fingerprint density at radius 2 is 2.05 bits per heavy atom. The monoisotopic (exact) mass is 301 g/mol. The molecule has 1 aromatic heterocycles. The van der Waals surface area contributed by atoms with E-state index in [1.165, 1.54) is 6.42 Å². The van der Waals surface area contributed by atoms with Gasteiger partial charge in [0.05, 0.1) is 5.56 Å².